The van der Waals surface area contributed by atoms with Crippen molar-refractivity contribution in [2.24, 2.45) is 0 Å². The number of ether oxygens (including phenoxy) is 2. The Morgan fingerprint density at radius 1 is 1.08 bits per heavy atom. The van der Waals surface area contributed by atoms with E-state index in [0.29, 0.717) is 34.7 Å². The summed E-state index contributed by atoms with van der Waals surface area (Å²) in [4.78, 5) is 12.2. The molecule has 0 fully saturated rings. The van der Waals surface area contributed by atoms with Crippen molar-refractivity contribution >= 4 is 27.5 Å². The molecule has 0 saturated carbocycles. The maximum atomic E-state index is 13.6. The summed E-state index contributed by atoms with van der Waals surface area (Å²) < 4.78 is 38.9. The topological polar surface area (TPSA) is 47.6 Å². The molecule has 4 nitrogen and oxygen atoms in total. The second-order valence-corrected chi connectivity index (χ2v) is 5.93. The number of anilines is 1. The zero-order valence-electron chi connectivity index (χ0n) is 13.9. The number of benzene rings is 2. The number of nitrogens with one attached hydrogen (secondary N) is 1. The first kappa shape index (κ1) is 19.2. The van der Waals surface area contributed by atoms with Gasteiger partial charge in [0.25, 0.3) is 0 Å². The zero-order valence-corrected chi connectivity index (χ0v) is 15.5. The molecular weight excluding hydrogens is 396 g/mol. The Bertz CT molecular complexity index is 748. The normalized spacial score (nSPS) is 10.4. The molecule has 0 radical (unpaired) electrons. The largest absolute Gasteiger partial charge is 0.490 e. The number of carbonyl (C=O) groups is 1. The summed E-state index contributed by atoms with van der Waals surface area (Å²) in [7, 11) is 0. The SMILES string of the molecule is CCOc1cc(Br)c(CC(=O)Nc2c(F)cccc2F)cc1OCC. The van der Waals surface area contributed by atoms with Crippen molar-refractivity contribution in [1.82, 2.24) is 0 Å². The van der Waals surface area contributed by atoms with Crippen LogP contribution in [-0.2, 0) is 11.2 Å². The molecule has 0 atom stereocenters. The monoisotopic (exact) mass is 413 g/mol. The van der Waals surface area contributed by atoms with Crippen LogP contribution in [0.5, 0.6) is 11.5 Å². The van der Waals surface area contributed by atoms with E-state index in [1.54, 1.807) is 12.1 Å². The highest BCUT2D eigenvalue weighted by Gasteiger charge is 2.16. The minimum atomic E-state index is -0.825. The van der Waals surface area contributed by atoms with Gasteiger partial charge in [0.05, 0.1) is 19.6 Å². The van der Waals surface area contributed by atoms with Crippen molar-refractivity contribution in [1.29, 1.82) is 0 Å². The second kappa shape index (κ2) is 8.80. The van der Waals surface area contributed by atoms with E-state index in [9.17, 15) is 13.6 Å². The third kappa shape index (κ3) is 4.92. The third-order valence-corrected chi connectivity index (χ3v) is 4.03. The van der Waals surface area contributed by atoms with Crippen molar-refractivity contribution in [3.63, 3.8) is 0 Å². The average Bonchev–Trinajstić information content (AvgIpc) is 2.56. The standard InChI is InChI=1S/C18H18BrF2NO3/c1-3-24-15-8-11(12(19)10-16(15)25-4-2)9-17(23)22-18-13(20)6-5-7-14(18)21/h5-8,10H,3-4,9H2,1-2H3,(H,22,23). The summed E-state index contributed by atoms with van der Waals surface area (Å²) in [6.07, 6.45) is -0.0825. The van der Waals surface area contributed by atoms with Gasteiger partial charge >= 0.3 is 0 Å². The highest BCUT2D eigenvalue weighted by Crippen LogP contribution is 2.34. The molecule has 2 aromatic rings. The molecule has 0 aliphatic heterocycles. The molecule has 0 saturated heterocycles. The lowest BCUT2D eigenvalue weighted by Crippen LogP contribution is -2.17. The van der Waals surface area contributed by atoms with Gasteiger partial charge in [-0.2, -0.15) is 0 Å². The van der Waals surface area contributed by atoms with E-state index in [2.05, 4.69) is 21.2 Å². The van der Waals surface area contributed by atoms with Crippen LogP contribution in [0, 0.1) is 11.6 Å². The molecule has 7 heteroatoms. The zero-order chi connectivity index (χ0) is 18.4. The fourth-order valence-corrected chi connectivity index (χ4v) is 2.69. The quantitative estimate of drug-likeness (QED) is 0.714. The number of carbonyl (C=O) groups excluding carboxylic acids is 1. The maximum absolute atomic E-state index is 13.6. The number of halogens is 3. The fraction of sp³-hybridized carbons (Fsp3) is 0.278. The van der Waals surface area contributed by atoms with Crippen molar-refractivity contribution < 1.29 is 23.0 Å². The number of amides is 1. The molecule has 0 bridgehead atoms. The van der Waals surface area contributed by atoms with Gasteiger partial charge in [0.2, 0.25) is 5.91 Å². The number of hydrogen-bond donors (Lipinski definition) is 1. The molecule has 2 aromatic carbocycles. The summed E-state index contributed by atoms with van der Waals surface area (Å²) in [5.41, 5.74) is 0.153. The first-order valence-electron chi connectivity index (χ1n) is 7.78. The molecule has 134 valence electrons. The predicted octanol–water partition coefficient (Wildman–Crippen LogP) is 4.71. The Morgan fingerprint density at radius 2 is 1.64 bits per heavy atom. The minimum absolute atomic E-state index is 0.0825. The molecule has 0 spiro atoms. The van der Waals surface area contributed by atoms with E-state index in [1.807, 2.05) is 13.8 Å². The second-order valence-electron chi connectivity index (χ2n) is 5.08. The van der Waals surface area contributed by atoms with Crippen LogP contribution in [0.15, 0.2) is 34.8 Å². The summed E-state index contributed by atoms with van der Waals surface area (Å²) in [6, 6.07) is 6.78. The maximum Gasteiger partial charge on any atom is 0.228 e. The molecule has 2 rings (SSSR count). The van der Waals surface area contributed by atoms with Gasteiger partial charge in [-0.3, -0.25) is 4.79 Å². The highest BCUT2D eigenvalue weighted by atomic mass is 79.9. The molecule has 1 N–H and O–H groups in total. The van der Waals surface area contributed by atoms with Gasteiger partial charge in [-0.25, -0.2) is 8.78 Å². The smallest absolute Gasteiger partial charge is 0.228 e. The van der Waals surface area contributed by atoms with E-state index in [4.69, 9.17) is 9.47 Å². The van der Waals surface area contributed by atoms with Crippen LogP contribution in [0.1, 0.15) is 19.4 Å². The summed E-state index contributed by atoms with van der Waals surface area (Å²) in [5.74, 6) is -1.13. The van der Waals surface area contributed by atoms with Crippen LogP contribution < -0.4 is 14.8 Å². The molecule has 0 unspecified atom stereocenters. The van der Waals surface area contributed by atoms with Gasteiger partial charge in [0.1, 0.15) is 17.3 Å². The Balaban J connectivity index is 2.21. The Labute approximate surface area is 153 Å². The minimum Gasteiger partial charge on any atom is -0.490 e. The van der Waals surface area contributed by atoms with Gasteiger partial charge < -0.3 is 14.8 Å². The summed E-state index contributed by atoms with van der Waals surface area (Å²) in [5, 5.41) is 2.26. The van der Waals surface area contributed by atoms with Gasteiger partial charge in [0, 0.05) is 4.47 Å². The van der Waals surface area contributed by atoms with E-state index in [1.165, 1.54) is 6.07 Å². The fourth-order valence-electron chi connectivity index (χ4n) is 2.22. The molecule has 25 heavy (non-hydrogen) atoms. The lowest BCUT2D eigenvalue weighted by Gasteiger charge is -2.14. The van der Waals surface area contributed by atoms with Crippen molar-refractivity contribution in [2.45, 2.75) is 20.3 Å². The van der Waals surface area contributed by atoms with E-state index in [-0.39, 0.29) is 6.42 Å². The van der Waals surface area contributed by atoms with Gasteiger partial charge in [-0.1, -0.05) is 22.0 Å². The van der Waals surface area contributed by atoms with Crippen molar-refractivity contribution in [2.75, 3.05) is 18.5 Å². The number of hydrogen-bond acceptors (Lipinski definition) is 3. The molecule has 0 aromatic heterocycles. The van der Waals surface area contributed by atoms with Crippen LogP contribution in [0.25, 0.3) is 0 Å². The molecular formula is C18H18BrF2NO3. The Hall–Kier alpha value is -2.15. The van der Waals surface area contributed by atoms with Gasteiger partial charge in [0.15, 0.2) is 11.5 Å². The van der Waals surface area contributed by atoms with E-state index < -0.39 is 23.2 Å². The number of rotatable bonds is 7. The third-order valence-electron chi connectivity index (χ3n) is 3.29. The Kier molecular flexibility index (Phi) is 6.75. The van der Waals surface area contributed by atoms with Crippen LogP contribution in [0.4, 0.5) is 14.5 Å². The van der Waals surface area contributed by atoms with Crippen molar-refractivity contribution in [3.05, 3.63) is 52.0 Å². The molecule has 0 heterocycles. The molecule has 0 aliphatic rings. The van der Waals surface area contributed by atoms with Crippen LogP contribution in [-0.4, -0.2) is 19.1 Å². The highest BCUT2D eigenvalue weighted by molar-refractivity contribution is 9.10. The van der Waals surface area contributed by atoms with Crippen LogP contribution in [0.3, 0.4) is 0 Å². The van der Waals surface area contributed by atoms with Crippen LogP contribution >= 0.6 is 15.9 Å². The van der Waals surface area contributed by atoms with Crippen molar-refractivity contribution in [3.8, 4) is 11.5 Å². The summed E-state index contributed by atoms with van der Waals surface area (Å²) in [6.45, 7) is 4.60. The van der Waals surface area contributed by atoms with E-state index >= 15 is 0 Å². The summed E-state index contributed by atoms with van der Waals surface area (Å²) >= 11 is 3.38. The van der Waals surface area contributed by atoms with Gasteiger partial charge in [-0.15, -0.1) is 0 Å². The first-order chi connectivity index (χ1) is 12.0. The lowest BCUT2D eigenvalue weighted by atomic mass is 10.1. The van der Waals surface area contributed by atoms with Gasteiger partial charge in [-0.05, 0) is 43.7 Å². The average molecular weight is 414 g/mol. The predicted molar refractivity (Wildman–Crippen MR) is 95.2 cm³/mol. The molecule has 1 amide bonds. The first-order valence-corrected chi connectivity index (χ1v) is 8.57. The van der Waals surface area contributed by atoms with Crippen LogP contribution in [0.2, 0.25) is 0 Å². The number of para-hydroxylation sites is 1. The molecule has 0 aliphatic carbocycles. The lowest BCUT2D eigenvalue weighted by molar-refractivity contribution is -0.115. The van der Waals surface area contributed by atoms with E-state index in [0.717, 1.165) is 12.1 Å². The Morgan fingerprint density at radius 3 is 2.20 bits per heavy atom.